The number of hydrogen-bond donors (Lipinski definition) is 1. The Morgan fingerprint density at radius 2 is 2.25 bits per heavy atom. The molecule has 1 unspecified atom stereocenters. The maximum absolute atomic E-state index is 4.34. The first-order chi connectivity index (χ1) is 7.90. The molecule has 0 saturated heterocycles. The Bertz CT molecular complexity index is 399. The van der Waals surface area contributed by atoms with Crippen LogP contribution in [0.2, 0.25) is 0 Å². The normalized spacial score (nSPS) is 12.6. The van der Waals surface area contributed by atoms with Crippen LogP contribution in [0, 0.1) is 0 Å². The van der Waals surface area contributed by atoms with Crippen molar-refractivity contribution in [2.24, 2.45) is 0 Å². The molecular weight excluding hydrogens is 218 g/mol. The number of aromatic nitrogens is 2. The Labute approximate surface area is 99.6 Å². The Morgan fingerprint density at radius 3 is 2.88 bits per heavy atom. The number of pyridine rings is 1. The molecule has 16 heavy (non-hydrogen) atoms. The van der Waals surface area contributed by atoms with Crippen LogP contribution in [0.25, 0.3) is 0 Å². The van der Waals surface area contributed by atoms with E-state index < -0.39 is 0 Å². The molecule has 2 aromatic rings. The van der Waals surface area contributed by atoms with Gasteiger partial charge in [0.1, 0.15) is 5.01 Å². The SMILES string of the molecule is CCC(NCc1ccccn1)c1nccs1. The topological polar surface area (TPSA) is 37.8 Å². The van der Waals surface area contributed by atoms with Gasteiger partial charge in [-0.1, -0.05) is 13.0 Å². The van der Waals surface area contributed by atoms with E-state index in [-0.39, 0.29) is 0 Å². The van der Waals surface area contributed by atoms with Gasteiger partial charge in [-0.05, 0) is 18.6 Å². The molecule has 1 atom stereocenters. The van der Waals surface area contributed by atoms with Crippen molar-refractivity contribution in [1.29, 1.82) is 0 Å². The maximum Gasteiger partial charge on any atom is 0.109 e. The molecule has 84 valence electrons. The van der Waals surface area contributed by atoms with Crippen molar-refractivity contribution in [1.82, 2.24) is 15.3 Å². The molecule has 0 aliphatic rings. The van der Waals surface area contributed by atoms with Crippen molar-refractivity contribution in [3.63, 3.8) is 0 Å². The molecule has 0 aliphatic heterocycles. The first-order valence-electron chi connectivity index (χ1n) is 5.43. The highest BCUT2D eigenvalue weighted by Crippen LogP contribution is 2.18. The molecule has 0 spiro atoms. The second kappa shape index (κ2) is 5.72. The predicted octanol–water partition coefficient (Wildman–Crippen LogP) is 2.78. The van der Waals surface area contributed by atoms with E-state index >= 15 is 0 Å². The van der Waals surface area contributed by atoms with E-state index in [4.69, 9.17) is 0 Å². The Hall–Kier alpha value is -1.26. The van der Waals surface area contributed by atoms with Crippen LogP contribution in [-0.2, 0) is 6.54 Å². The van der Waals surface area contributed by atoms with Gasteiger partial charge in [-0.2, -0.15) is 0 Å². The van der Waals surface area contributed by atoms with Gasteiger partial charge in [0.15, 0.2) is 0 Å². The van der Waals surface area contributed by atoms with Crippen molar-refractivity contribution in [3.05, 3.63) is 46.7 Å². The summed E-state index contributed by atoms with van der Waals surface area (Å²) in [5.74, 6) is 0. The molecule has 1 N–H and O–H groups in total. The van der Waals surface area contributed by atoms with E-state index in [1.807, 2.05) is 36.0 Å². The third kappa shape index (κ3) is 2.87. The minimum absolute atomic E-state index is 0.335. The molecule has 0 fully saturated rings. The average Bonchev–Trinajstić information content (AvgIpc) is 2.85. The summed E-state index contributed by atoms with van der Waals surface area (Å²) in [5.41, 5.74) is 1.07. The fourth-order valence-electron chi connectivity index (χ4n) is 1.54. The Kier molecular flexibility index (Phi) is 4.02. The van der Waals surface area contributed by atoms with Crippen LogP contribution in [0.1, 0.15) is 30.1 Å². The summed E-state index contributed by atoms with van der Waals surface area (Å²) in [4.78, 5) is 8.62. The van der Waals surface area contributed by atoms with Gasteiger partial charge in [-0.15, -0.1) is 11.3 Å². The van der Waals surface area contributed by atoms with Gasteiger partial charge in [0, 0.05) is 24.3 Å². The zero-order valence-corrected chi connectivity index (χ0v) is 10.1. The minimum atomic E-state index is 0.335. The second-order valence-electron chi connectivity index (χ2n) is 3.53. The molecule has 0 bridgehead atoms. The summed E-state index contributed by atoms with van der Waals surface area (Å²) < 4.78 is 0. The van der Waals surface area contributed by atoms with Gasteiger partial charge in [0.05, 0.1) is 11.7 Å². The van der Waals surface area contributed by atoms with Crippen LogP contribution in [-0.4, -0.2) is 9.97 Å². The predicted molar refractivity (Wildman–Crippen MR) is 66.2 cm³/mol. The molecule has 0 aromatic carbocycles. The minimum Gasteiger partial charge on any atom is -0.302 e. The van der Waals surface area contributed by atoms with E-state index in [1.54, 1.807) is 11.3 Å². The van der Waals surface area contributed by atoms with Crippen molar-refractivity contribution < 1.29 is 0 Å². The average molecular weight is 233 g/mol. The van der Waals surface area contributed by atoms with Crippen molar-refractivity contribution in [2.75, 3.05) is 0 Å². The van der Waals surface area contributed by atoms with Crippen molar-refractivity contribution >= 4 is 11.3 Å². The molecule has 3 nitrogen and oxygen atoms in total. The lowest BCUT2D eigenvalue weighted by Gasteiger charge is -2.13. The summed E-state index contributed by atoms with van der Waals surface area (Å²) in [5, 5.41) is 6.64. The van der Waals surface area contributed by atoms with Gasteiger partial charge < -0.3 is 5.32 Å². The molecule has 2 aromatic heterocycles. The second-order valence-corrected chi connectivity index (χ2v) is 4.46. The van der Waals surface area contributed by atoms with E-state index in [0.29, 0.717) is 6.04 Å². The largest absolute Gasteiger partial charge is 0.302 e. The van der Waals surface area contributed by atoms with Gasteiger partial charge in [-0.3, -0.25) is 4.98 Å². The first kappa shape index (κ1) is 11.2. The summed E-state index contributed by atoms with van der Waals surface area (Å²) in [6.07, 6.45) is 4.72. The fraction of sp³-hybridized carbons (Fsp3) is 0.333. The summed E-state index contributed by atoms with van der Waals surface area (Å²) in [7, 11) is 0. The highest BCUT2D eigenvalue weighted by molar-refractivity contribution is 7.09. The lowest BCUT2D eigenvalue weighted by Crippen LogP contribution is -2.20. The molecule has 2 heterocycles. The third-order valence-electron chi connectivity index (χ3n) is 2.41. The maximum atomic E-state index is 4.34. The number of nitrogens with zero attached hydrogens (tertiary/aromatic N) is 2. The van der Waals surface area contributed by atoms with Crippen LogP contribution < -0.4 is 5.32 Å². The standard InChI is InChI=1S/C12H15N3S/c1-2-11(12-14-7-8-16-12)15-9-10-5-3-4-6-13-10/h3-8,11,15H,2,9H2,1H3. The molecule has 0 aliphatic carbocycles. The molecule has 0 saturated carbocycles. The van der Waals surface area contributed by atoms with E-state index in [2.05, 4.69) is 22.2 Å². The van der Waals surface area contributed by atoms with Gasteiger partial charge in [0.2, 0.25) is 0 Å². The van der Waals surface area contributed by atoms with Gasteiger partial charge >= 0.3 is 0 Å². The third-order valence-corrected chi connectivity index (χ3v) is 3.30. The smallest absolute Gasteiger partial charge is 0.109 e. The number of thiazole rings is 1. The number of hydrogen-bond acceptors (Lipinski definition) is 4. The zero-order chi connectivity index (χ0) is 11.2. The Morgan fingerprint density at radius 1 is 1.31 bits per heavy atom. The van der Waals surface area contributed by atoms with E-state index in [9.17, 15) is 0 Å². The number of rotatable bonds is 5. The fourth-order valence-corrected chi connectivity index (χ4v) is 2.34. The number of nitrogens with one attached hydrogen (secondary N) is 1. The highest BCUT2D eigenvalue weighted by atomic mass is 32.1. The summed E-state index contributed by atoms with van der Waals surface area (Å²) in [6.45, 7) is 2.95. The Balaban J connectivity index is 1.94. The molecule has 4 heteroatoms. The van der Waals surface area contributed by atoms with Crippen LogP contribution in [0.3, 0.4) is 0 Å². The lowest BCUT2D eigenvalue weighted by molar-refractivity contribution is 0.512. The summed E-state index contributed by atoms with van der Waals surface area (Å²) in [6, 6.07) is 6.30. The monoisotopic (exact) mass is 233 g/mol. The summed E-state index contributed by atoms with van der Waals surface area (Å²) >= 11 is 1.70. The van der Waals surface area contributed by atoms with Gasteiger partial charge in [0.25, 0.3) is 0 Å². The molecule has 2 rings (SSSR count). The van der Waals surface area contributed by atoms with Crippen molar-refractivity contribution in [2.45, 2.75) is 25.9 Å². The zero-order valence-electron chi connectivity index (χ0n) is 9.26. The van der Waals surface area contributed by atoms with E-state index in [1.165, 1.54) is 0 Å². The van der Waals surface area contributed by atoms with Crippen LogP contribution in [0.15, 0.2) is 36.0 Å². The highest BCUT2D eigenvalue weighted by Gasteiger charge is 2.10. The van der Waals surface area contributed by atoms with Crippen molar-refractivity contribution in [3.8, 4) is 0 Å². The first-order valence-corrected chi connectivity index (χ1v) is 6.30. The quantitative estimate of drug-likeness (QED) is 0.863. The molecule has 0 amide bonds. The lowest BCUT2D eigenvalue weighted by atomic mass is 10.2. The van der Waals surface area contributed by atoms with Crippen LogP contribution in [0.4, 0.5) is 0 Å². The molecular formula is C12H15N3S. The van der Waals surface area contributed by atoms with Crippen LogP contribution in [0.5, 0.6) is 0 Å². The van der Waals surface area contributed by atoms with Crippen LogP contribution >= 0.6 is 11.3 Å². The van der Waals surface area contributed by atoms with Gasteiger partial charge in [-0.25, -0.2) is 4.98 Å². The molecule has 0 radical (unpaired) electrons. The van der Waals surface area contributed by atoms with E-state index in [0.717, 1.165) is 23.7 Å².